The first-order chi connectivity index (χ1) is 22.3. The van der Waals surface area contributed by atoms with E-state index in [0.29, 0.717) is 5.56 Å². The fourth-order valence-electron chi connectivity index (χ4n) is 4.67. The smallest absolute Gasteiger partial charge is 0.261 e. The lowest BCUT2D eigenvalue weighted by Gasteiger charge is -2.31. The highest BCUT2D eigenvalue weighted by Crippen LogP contribution is 2.25. The van der Waals surface area contributed by atoms with Crippen LogP contribution in [0.3, 0.4) is 0 Å². The number of nitrogens with one attached hydrogen (secondary N) is 2. The van der Waals surface area contributed by atoms with Crippen LogP contribution in [0, 0.1) is 5.82 Å². The Hall–Kier alpha value is -5.55. The molecule has 0 bridgehead atoms. The predicted molar refractivity (Wildman–Crippen MR) is 171 cm³/mol. The Morgan fingerprint density at radius 2 is 1.41 bits per heavy atom. The number of hydrogen-bond acceptors (Lipinski definition) is 6. The summed E-state index contributed by atoms with van der Waals surface area (Å²) in [4.78, 5) is 33.0. The molecule has 9 nitrogen and oxygen atoms in total. The number of amides is 2. The number of rotatable bonds is 13. The Morgan fingerprint density at radius 3 is 2.07 bits per heavy atom. The molecule has 2 amide bonds. The Bertz CT molecular complexity index is 1840. The molecular formula is C35H31FN4O5S. The van der Waals surface area contributed by atoms with Crippen LogP contribution < -0.4 is 14.8 Å². The zero-order valence-electron chi connectivity index (χ0n) is 24.6. The van der Waals surface area contributed by atoms with E-state index in [2.05, 4.69) is 15.0 Å². The van der Waals surface area contributed by atoms with E-state index in [1.807, 2.05) is 36.4 Å². The maximum Gasteiger partial charge on any atom is 0.261 e. The molecule has 0 saturated carbocycles. The molecule has 2 N–H and O–H groups in total. The Balaban J connectivity index is 1.34. The van der Waals surface area contributed by atoms with Gasteiger partial charge in [0.05, 0.1) is 4.90 Å². The molecular weight excluding hydrogens is 607 g/mol. The fraction of sp³-hybridized carbons (Fsp3) is 0.114. The van der Waals surface area contributed by atoms with Crippen LogP contribution in [-0.4, -0.2) is 36.7 Å². The minimum absolute atomic E-state index is 0.0452. The zero-order chi connectivity index (χ0) is 32.4. The normalized spacial score (nSPS) is 11.7. The Morgan fingerprint density at radius 1 is 0.783 bits per heavy atom. The zero-order valence-corrected chi connectivity index (χ0v) is 25.4. The van der Waals surface area contributed by atoms with Crippen molar-refractivity contribution in [3.8, 4) is 5.75 Å². The second-order valence-electron chi connectivity index (χ2n) is 10.3. The first kappa shape index (κ1) is 31.9. The summed E-state index contributed by atoms with van der Waals surface area (Å²) in [5.74, 6) is -1.05. The third kappa shape index (κ3) is 8.54. The minimum atomic E-state index is -3.95. The topological polar surface area (TPSA) is 118 Å². The fourth-order valence-corrected chi connectivity index (χ4v) is 5.73. The highest BCUT2D eigenvalue weighted by Gasteiger charge is 2.32. The number of carbonyl (C=O) groups excluding carboxylic acids is 2. The van der Waals surface area contributed by atoms with Crippen molar-refractivity contribution in [1.29, 1.82) is 0 Å². The summed E-state index contributed by atoms with van der Waals surface area (Å²) < 4.78 is 47.0. The summed E-state index contributed by atoms with van der Waals surface area (Å²) >= 11 is 0. The van der Waals surface area contributed by atoms with Crippen molar-refractivity contribution in [2.45, 2.75) is 24.0 Å². The van der Waals surface area contributed by atoms with Gasteiger partial charge in [-0.2, -0.15) is 0 Å². The van der Waals surface area contributed by atoms with E-state index in [-0.39, 0.29) is 35.3 Å². The molecule has 5 aromatic rings. The lowest BCUT2D eigenvalue weighted by Crippen LogP contribution is -2.45. The highest BCUT2D eigenvalue weighted by atomic mass is 32.2. The first-order valence-electron chi connectivity index (χ1n) is 14.3. The number of pyridine rings is 1. The highest BCUT2D eigenvalue weighted by molar-refractivity contribution is 7.92. The molecule has 1 aromatic heterocycles. The molecule has 0 radical (unpaired) electrons. The molecule has 0 aliphatic carbocycles. The summed E-state index contributed by atoms with van der Waals surface area (Å²) in [6, 6.07) is 31.5. The maximum atomic E-state index is 13.8. The van der Waals surface area contributed by atoms with Crippen molar-refractivity contribution in [3.05, 3.63) is 156 Å². The van der Waals surface area contributed by atoms with E-state index in [1.54, 1.807) is 48.8 Å². The van der Waals surface area contributed by atoms with Crippen LogP contribution in [0.15, 0.2) is 139 Å². The molecule has 1 atom stereocenters. The van der Waals surface area contributed by atoms with E-state index in [9.17, 15) is 22.4 Å². The number of carbonyl (C=O) groups is 2. The molecule has 0 saturated heterocycles. The molecule has 1 unspecified atom stereocenters. The summed E-state index contributed by atoms with van der Waals surface area (Å²) in [6.07, 6.45) is 3.28. The predicted octanol–water partition coefficient (Wildman–Crippen LogP) is 5.49. The maximum absolute atomic E-state index is 13.8. The molecule has 4 aromatic carbocycles. The average molecular weight is 639 g/mol. The van der Waals surface area contributed by atoms with Crippen LogP contribution in [0.2, 0.25) is 0 Å². The molecule has 0 aliphatic rings. The molecule has 46 heavy (non-hydrogen) atoms. The third-order valence-corrected chi connectivity index (χ3v) is 8.40. The number of anilines is 1. The third-order valence-electron chi connectivity index (χ3n) is 7.00. The van der Waals surface area contributed by atoms with Gasteiger partial charge in [0.1, 0.15) is 17.6 Å². The van der Waals surface area contributed by atoms with Gasteiger partial charge in [-0.25, -0.2) is 12.8 Å². The first-order valence-corrected chi connectivity index (χ1v) is 15.8. The summed E-state index contributed by atoms with van der Waals surface area (Å²) in [5.41, 5.74) is 2.52. The van der Waals surface area contributed by atoms with Crippen LogP contribution >= 0.6 is 0 Å². The van der Waals surface area contributed by atoms with Gasteiger partial charge in [-0.15, -0.1) is 0 Å². The average Bonchev–Trinajstić information content (AvgIpc) is 3.08. The van der Waals surface area contributed by atoms with Crippen LogP contribution in [0.25, 0.3) is 0 Å². The van der Waals surface area contributed by atoms with E-state index in [1.165, 1.54) is 41.3 Å². The SMILES string of the molecule is O=C(NCc1ccncc1)C(c1ccccc1)N(Cc1ccccc1)C(=O)COc1ccc(S(=O)(=O)Nc2ccc(F)cc2)cc1. The number of benzene rings is 4. The Kier molecular flexibility index (Phi) is 10.4. The second-order valence-corrected chi connectivity index (χ2v) is 11.9. The van der Waals surface area contributed by atoms with Gasteiger partial charge in [-0.1, -0.05) is 60.7 Å². The van der Waals surface area contributed by atoms with Gasteiger partial charge >= 0.3 is 0 Å². The number of halogens is 1. The molecule has 0 aliphatic heterocycles. The molecule has 0 spiro atoms. The largest absolute Gasteiger partial charge is 0.484 e. The van der Waals surface area contributed by atoms with Gasteiger partial charge in [-0.3, -0.25) is 19.3 Å². The number of nitrogens with zero attached hydrogens (tertiary/aromatic N) is 2. The lowest BCUT2D eigenvalue weighted by atomic mass is 10.0. The van der Waals surface area contributed by atoms with Gasteiger partial charge in [0, 0.05) is 31.2 Å². The monoisotopic (exact) mass is 638 g/mol. The molecule has 5 rings (SSSR count). The van der Waals surface area contributed by atoms with Gasteiger partial charge in [-0.05, 0) is 77.4 Å². The van der Waals surface area contributed by atoms with Crippen molar-refractivity contribution in [1.82, 2.24) is 15.2 Å². The van der Waals surface area contributed by atoms with Gasteiger partial charge in [0.2, 0.25) is 5.91 Å². The van der Waals surface area contributed by atoms with Crippen LogP contribution in [0.1, 0.15) is 22.7 Å². The molecule has 234 valence electrons. The van der Waals surface area contributed by atoms with E-state index in [4.69, 9.17) is 4.74 Å². The molecule has 11 heteroatoms. The number of sulfonamides is 1. The number of ether oxygens (including phenoxy) is 1. The van der Waals surface area contributed by atoms with Crippen molar-refractivity contribution in [2.24, 2.45) is 0 Å². The minimum Gasteiger partial charge on any atom is -0.484 e. The summed E-state index contributed by atoms with van der Waals surface area (Å²) in [6.45, 7) is -0.0228. The Labute approximate surface area is 266 Å². The van der Waals surface area contributed by atoms with E-state index < -0.39 is 34.4 Å². The van der Waals surface area contributed by atoms with Gasteiger partial charge in [0.15, 0.2) is 6.61 Å². The summed E-state index contributed by atoms with van der Waals surface area (Å²) in [7, 11) is -3.95. The second kappa shape index (κ2) is 15.0. The lowest BCUT2D eigenvalue weighted by molar-refractivity contribution is -0.143. The van der Waals surface area contributed by atoms with Crippen molar-refractivity contribution < 1.29 is 27.1 Å². The molecule has 1 heterocycles. The van der Waals surface area contributed by atoms with Crippen molar-refractivity contribution in [3.63, 3.8) is 0 Å². The van der Waals surface area contributed by atoms with Crippen LogP contribution in [0.5, 0.6) is 5.75 Å². The quantitative estimate of drug-likeness (QED) is 0.176. The van der Waals surface area contributed by atoms with Gasteiger partial charge in [0.25, 0.3) is 15.9 Å². The summed E-state index contributed by atoms with van der Waals surface area (Å²) in [5, 5.41) is 2.95. The van der Waals surface area contributed by atoms with Gasteiger partial charge < -0.3 is 15.0 Å². The molecule has 0 fully saturated rings. The van der Waals surface area contributed by atoms with Crippen molar-refractivity contribution in [2.75, 3.05) is 11.3 Å². The van der Waals surface area contributed by atoms with Crippen LogP contribution in [-0.2, 0) is 32.7 Å². The standard InChI is InChI=1S/C35H31FN4O5S/c36-29-11-13-30(14-12-29)39-46(43,44)32-17-15-31(16-18-32)45-25-33(41)40(24-27-7-3-1-4-8-27)34(28-9-5-2-6-10-28)35(42)38-23-26-19-21-37-22-20-26/h1-22,34,39H,23-25H2,(H,38,42). The number of hydrogen-bond donors (Lipinski definition) is 2. The van der Waals surface area contributed by atoms with Crippen LogP contribution in [0.4, 0.5) is 10.1 Å². The van der Waals surface area contributed by atoms with E-state index in [0.717, 1.165) is 23.3 Å². The van der Waals surface area contributed by atoms with E-state index >= 15 is 0 Å². The van der Waals surface area contributed by atoms with Crippen molar-refractivity contribution >= 4 is 27.5 Å². The number of aromatic nitrogens is 1.